The molecular weight excluding hydrogens is 1040 g/mol. The van der Waals surface area contributed by atoms with E-state index in [0.717, 1.165) is 45.0 Å². The second-order valence-electron chi connectivity index (χ2n) is 22.7. The van der Waals surface area contributed by atoms with E-state index in [1.807, 2.05) is 0 Å². The van der Waals surface area contributed by atoms with Crippen LogP contribution in [0, 0.1) is 0 Å². The predicted octanol–water partition coefficient (Wildman–Crippen LogP) is 21.9. The van der Waals surface area contributed by atoms with E-state index in [1.165, 1.54) is 120 Å². The molecule has 0 aliphatic heterocycles. The third-order valence-electron chi connectivity index (χ3n) is 18.2. The standard InChI is InChI=1S/C82H52N4/c1-2-28-70-69(27-1)79(53-37-45-57(46-38-53)83-71-29-11-3-19-61(71)62-20-4-12-30-72(62)83)81(55-41-49-59(50-42-55)85-75-33-15-7-23-65(75)66-24-8-16-34-76(66)85)82(56-43-51-60(52-44-56)86-77-35-17-9-25-67(77)68-26-10-18-36-78(68)86)80(70)54-39-47-58(48-40-54)84-73-31-13-5-21-63(73)64-22-6-14-32-74(64)84/h1-52H. The first kappa shape index (κ1) is 48.1. The van der Waals surface area contributed by atoms with Gasteiger partial charge in [-0.25, -0.2) is 0 Å². The van der Waals surface area contributed by atoms with Crippen LogP contribution in [0.25, 0.3) is 165 Å². The number of benzene rings is 14. The normalized spacial score (nSPS) is 12.0. The molecule has 0 spiro atoms. The van der Waals surface area contributed by atoms with Crippen LogP contribution < -0.4 is 0 Å². The molecule has 0 atom stereocenters. The highest BCUT2D eigenvalue weighted by molar-refractivity contribution is 6.19. The summed E-state index contributed by atoms with van der Waals surface area (Å²) in [4.78, 5) is 0. The number of hydrogen-bond acceptors (Lipinski definition) is 0. The van der Waals surface area contributed by atoms with Gasteiger partial charge in [0.15, 0.2) is 0 Å². The summed E-state index contributed by atoms with van der Waals surface area (Å²) in [5.41, 5.74) is 23.2. The smallest absolute Gasteiger partial charge is 0.0541 e. The van der Waals surface area contributed by atoms with Gasteiger partial charge in [-0.3, -0.25) is 0 Å². The summed E-state index contributed by atoms with van der Waals surface area (Å²) in [5, 5.41) is 12.3. The second kappa shape index (κ2) is 19.0. The molecule has 400 valence electrons. The second-order valence-corrected chi connectivity index (χ2v) is 22.7. The number of hydrogen-bond donors (Lipinski definition) is 0. The molecule has 0 bridgehead atoms. The van der Waals surface area contributed by atoms with Crippen molar-refractivity contribution in [2.24, 2.45) is 0 Å². The molecule has 0 aliphatic rings. The molecule has 4 nitrogen and oxygen atoms in total. The number of aromatic nitrogens is 4. The van der Waals surface area contributed by atoms with Gasteiger partial charge in [-0.1, -0.05) is 218 Å². The number of fused-ring (bicyclic) bond motifs is 13. The average molecular weight is 1090 g/mol. The van der Waals surface area contributed by atoms with Crippen molar-refractivity contribution < 1.29 is 0 Å². The molecule has 0 fully saturated rings. The van der Waals surface area contributed by atoms with E-state index in [9.17, 15) is 0 Å². The molecule has 86 heavy (non-hydrogen) atoms. The fourth-order valence-electron chi connectivity index (χ4n) is 14.5. The summed E-state index contributed by atoms with van der Waals surface area (Å²) in [6.07, 6.45) is 0. The highest BCUT2D eigenvalue weighted by atomic mass is 15.0. The highest BCUT2D eigenvalue weighted by Gasteiger charge is 2.26. The Morgan fingerprint density at radius 3 is 0.465 bits per heavy atom. The maximum absolute atomic E-state index is 2.42. The summed E-state index contributed by atoms with van der Waals surface area (Å²) in [5.74, 6) is 0. The lowest BCUT2D eigenvalue weighted by Crippen LogP contribution is -2.00. The lowest BCUT2D eigenvalue weighted by molar-refractivity contribution is 1.18. The van der Waals surface area contributed by atoms with Crippen molar-refractivity contribution in [3.8, 4) is 67.3 Å². The molecule has 0 N–H and O–H groups in total. The van der Waals surface area contributed by atoms with E-state index in [-0.39, 0.29) is 0 Å². The first-order valence-electron chi connectivity index (χ1n) is 29.7. The minimum atomic E-state index is 1.11. The van der Waals surface area contributed by atoms with Gasteiger partial charge >= 0.3 is 0 Å². The lowest BCUT2D eigenvalue weighted by atomic mass is 9.79. The van der Waals surface area contributed by atoms with Crippen LogP contribution in [0.5, 0.6) is 0 Å². The molecule has 0 saturated carbocycles. The SMILES string of the molecule is c1ccc2c(-c3ccc(-n4c5ccccc5c5ccccc54)cc3)c(-c3ccc(-n4c5ccccc5c5ccccc54)cc3)c(-c3ccc(-n4c5ccccc5c5ccccc54)cc3)c(-c3ccc(-n4c5ccccc5c5ccccc54)cc3)c2c1. The van der Waals surface area contributed by atoms with Crippen molar-refractivity contribution in [2.75, 3.05) is 0 Å². The van der Waals surface area contributed by atoms with Gasteiger partial charge in [0.25, 0.3) is 0 Å². The molecule has 4 heterocycles. The Morgan fingerprint density at radius 1 is 0.128 bits per heavy atom. The predicted molar refractivity (Wildman–Crippen MR) is 363 cm³/mol. The fourth-order valence-corrected chi connectivity index (χ4v) is 14.5. The van der Waals surface area contributed by atoms with E-state index in [2.05, 4.69) is 334 Å². The molecule has 0 amide bonds. The van der Waals surface area contributed by atoms with Crippen molar-refractivity contribution >= 4 is 98.0 Å². The zero-order valence-corrected chi connectivity index (χ0v) is 46.8. The number of para-hydroxylation sites is 8. The Balaban J connectivity index is 0.911. The summed E-state index contributed by atoms with van der Waals surface area (Å²) < 4.78 is 9.66. The molecule has 18 rings (SSSR count). The van der Waals surface area contributed by atoms with Crippen LogP contribution in [0.1, 0.15) is 0 Å². The third kappa shape index (κ3) is 7.17. The number of nitrogens with zero attached hydrogens (tertiary/aromatic N) is 4. The quantitative estimate of drug-likeness (QED) is 0.145. The summed E-state index contributed by atoms with van der Waals surface area (Å²) in [6.45, 7) is 0. The van der Waals surface area contributed by atoms with Gasteiger partial charge < -0.3 is 18.3 Å². The zero-order chi connectivity index (χ0) is 56.4. The summed E-state index contributed by atoms with van der Waals surface area (Å²) in [7, 11) is 0. The van der Waals surface area contributed by atoms with E-state index >= 15 is 0 Å². The van der Waals surface area contributed by atoms with Gasteiger partial charge in [0.1, 0.15) is 0 Å². The molecule has 0 unspecified atom stereocenters. The molecule has 0 radical (unpaired) electrons. The summed E-state index contributed by atoms with van der Waals surface area (Å²) in [6, 6.07) is 117. The van der Waals surface area contributed by atoms with E-state index in [4.69, 9.17) is 0 Å². The van der Waals surface area contributed by atoms with Crippen molar-refractivity contribution in [1.29, 1.82) is 0 Å². The first-order valence-corrected chi connectivity index (χ1v) is 29.7. The monoisotopic (exact) mass is 1090 g/mol. The Labute approximate surface area is 496 Å². The van der Waals surface area contributed by atoms with Crippen molar-refractivity contribution in [1.82, 2.24) is 18.3 Å². The molecular formula is C82H52N4. The number of rotatable bonds is 8. The molecule has 18 aromatic rings. The fraction of sp³-hybridized carbons (Fsp3) is 0. The Bertz CT molecular complexity index is 5160. The molecule has 4 aromatic heterocycles. The van der Waals surface area contributed by atoms with Gasteiger partial charge in [0, 0.05) is 65.8 Å². The highest BCUT2D eigenvalue weighted by Crippen LogP contribution is 2.52. The van der Waals surface area contributed by atoms with Gasteiger partial charge in [0.05, 0.1) is 44.1 Å². The molecule has 4 heteroatoms. The van der Waals surface area contributed by atoms with Crippen LogP contribution in [0.3, 0.4) is 0 Å². The van der Waals surface area contributed by atoms with Gasteiger partial charge in [0.2, 0.25) is 0 Å². The summed E-state index contributed by atoms with van der Waals surface area (Å²) >= 11 is 0. The van der Waals surface area contributed by atoms with E-state index in [1.54, 1.807) is 0 Å². The van der Waals surface area contributed by atoms with Crippen LogP contribution in [0.15, 0.2) is 315 Å². The van der Waals surface area contributed by atoms with Crippen molar-refractivity contribution in [3.63, 3.8) is 0 Å². The maximum Gasteiger partial charge on any atom is 0.0541 e. The maximum atomic E-state index is 2.42. The van der Waals surface area contributed by atoms with Crippen LogP contribution in [0.2, 0.25) is 0 Å². The third-order valence-corrected chi connectivity index (χ3v) is 18.2. The van der Waals surface area contributed by atoms with Crippen molar-refractivity contribution in [2.45, 2.75) is 0 Å². The Morgan fingerprint density at radius 2 is 0.279 bits per heavy atom. The van der Waals surface area contributed by atoms with E-state index in [0.29, 0.717) is 0 Å². The average Bonchev–Trinajstić information content (AvgIpc) is 1.26. The first-order chi connectivity index (χ1) is 42.7. The van der Waals surface area contributed by atoms with Crippen LogP contribution in [0.4, 0.5) is 0 Å². The molecule has 0 aliphatic carbocycles. The Hall–Kier alpha value is -11.5. The topological polar surface area (TPSA) is 19.7 Å². The van der Waals surface area contributed by atoms with Crippen LogP contribution in [-0.2, 0) is 0 Å². The van der Waals surface area contributed by atoms with Gasteiger partial charge in [-0.15, -0.1) is 0 Å². The Kier molecular flexibility index (Phi) is 10.7. The molecule has 0 saturated heterocycles. The lowest BCUT2D eigenvalue weighted by Gasteiger charge is -2.25. The van der Waals surface area contributed by atoms with Crippen LogP contribution in [-0.4, -0.2) is 18.3 Å². The zero-order valence-electron chi connectivity index (χ0n) is 46.8. The van der Waals surface area contributed by atoms with Crippen molar-refractivity contribution in [3.05, 3.63) is 315 Å². The minimum absolute atomic E-state index is 1.11. The van der Waals surface area contributed by atoms with E-state index < -0.39 is 0 Å². The molecule has 14 aromatic carbocycles. The largest absolute Gasteiger partial charge is 0.309 e. The van der Waals surface area contributed by atoms with Gasteiger partial charge in [-0.2, -0.15) is 0 Å². The minimum Gasteiger partial charge on any atom is -0.309 e. The van der Waals surface area contributed by atoms with Crippen LogP contribution >= 0.6 is 0 Å². The van der Waals surface area contributed by atoms with Gasteiger partial charge in [-0.05, 0) is 152 Å².